The number of hydrogen-bond acceptors (Lipinski definition) is 2. The van der Waals surface area contributed by atoms with E-state index in [-0.39, 0.29) is 0 Å². The van der Waals surface area contributed by atoms with Crippen LogP contribution in [0.2, 0.25) is 0 Å². The lowest BCUT2D eigenvalue weighted by Crippen LogP contribution is -2.07. The molecule has 0 amide bonds. The van der Waals surface area contributed by atoms with Crippen LogP contribution in [-0.2, 0) is 0 Å². The Bertz CT molecular complexity index is 828. The molecule has 1 heterocycles. The van der Waals surface area contributed by atoms with Crippen LogP contribution in [0.1, 0.15) is 11.3 Å². The van der Waals surface area contributed by atoms with Crippen molar-refractivity contribution in [3.8, 4) is 0 Å². The smallest absolute Gasteiger partial charge is 0.0927 e. The number of fused-ring (bicyclic) bond motifs is 1. The molecule has 0 atom stereocenters. The van der Waals surface area contributed by atoms with Crippen LogP contribution in [0.5, 0.6) is 0 Å². The highest BCUT2D eigenvalue weighted by Crippen LogP contribution is 2.22. The van der Waals surface area contributed by atoms with Crippen molar-refractivity contribution in [2.75, 3.05) is 14.1 Å². The molecule has 0 spiro atoms. The highest BCUT2D eigenvalue weighted by Gasteiger charge is 2.01. The van der Waals surface area contributed by atoms with Crippen LogP contribution in [0.3, 0.4) is 0 Å². The van der Waals surface area contributed by atoms with Crippen molar-refractivity contribution in [3.63, 3.8) is 0 Å². The van der Waals surface area contributed by atoms with E-state index in [4.69, 9.17) is 0 Å². The first-order chi connectivity index (χ1) is 10.7. The molecule has 0 saturated heterocycles. The Labute approximate surface area is 129 Å². The minimum atomic E-state index is 0.932. The molecule has 22 heavy (non-hydrogen) atoms. The fourth-order valence-corrected chi connectivity index (χ4v) is 2.20. The maximum atomic E-state index is 4.49. The molecule has 4 heteroatoms. The van der Waals surface area contributed by atoms with E-state index in [1.54, 1.807) is 6.34 Å². The Morgan fingerprint density at radius 1 is 1.00 bits per heavy atom. The minimum Gasteiger partial charge on any atom is -0.369 e. The van der Waals surface area contributed by atoms with E-state index in [2.05, 4.69) is 21.3 Å². The number of hydrogen-bond donors (Lipinski definition) is 1. The summed E-state index contributed by atoms with van der Waals surface area (Å²) in [6.45, 7) is 0. The molecule has 0 aliphatic rings. The number of H-pyrrole nitrogens is 1. The zero-order valence-electron chi connectivity index (χ0n) is 12.7. The lowest BCUT2D eigenvalue weighted by molar-refractivity contribution is 0.643. The van der Waals surface area contributed by atoms with E-state index < -0.39 is 0 Å². The largest absolute Gasteiger partial charge is 0.369 e. The van der Waals surface area contributed by atoms with Crippen molar-refractivity contribution < 1.29 is 0 Å². The zero-order chi connectivity index (χ0) is 15.4. The maximum Gasteiger partial charge on any atom is 0.0927 e. The van der Waals surface area contributed by atoms with Crippen LogP contribution in [-0.4, -0.2) is 35.5 Å². The average Bonchev–Trinajstić information content (AvgIpc) is 2.95. The van der Waals surface area contributed by atoms with Crippen LogP contribution >= 0.6 is 0 Å². The fraction of sp³-hybridized carbons (Fsp3) is 0.111. The summed E-state index contributed by atoms with van der Waals surface area (Å²) in [4.78, 5) is 6.41. The van der Waals surface area contributed by atoms with E-state index in [0.717, 1.165) is 27.8 Å². The van der Waals surface area contributed by atoms with E-state index in [9.17, 15) is 0 Å². The lowest BCUT2D eigenvalue weighted by atomic mass is 10.1. The zero-order valence-corrected chi connectivity index (χ0v) is 12.7. The second kappa shape index (κ2) is 6.26. The molecule has 4 nitrogen and oxygen atoms in total. The molecular weight excluding hydrogens is 272 g/mol. The van der Waals surface area contributed by atoms with E-state index in [0.29, 0.717) is 0 Å². The predicted octanol–water partition coefficient (Wildman–Crippen LogP) is 3.95. The molecule has 3 aromatic rings. The third-order valence-corrected chi connectivity index (χ3v) is 3.29. The Hall–Kier alpha value is -2.88. The first-order valence-corrected chi connectivity index (χ1v) is 7.15. The third kappa shape index (κ3) is 3.06. The second-order valence-corrected chi connectivity index (χ2v) is 5.25. The van der Waals surface area contributed by atoms with Gasteiger partial charge in [0.1, 0.15) is 0 Å². The fourth-order valence-electron chi connectivity index (χ4n) is 2.20. The van der Waals surface area contributed by atoms with Crippen LogP contribution < -0.4 is 0 Å². The summed E-state index contributed by atoms with van der Waals surface area (Å²) in [5.74, 6) is 0. The van der Waals surface area contributed by atoms with Gasteiger partial charge in [0.15, 0.2) is 0 Å². The Morgan fingerprint density at radius 3 is 2.64 bits per heavy atom. The number of nitrogens with zero attached hydrogens (tertiary/aromatic N) is 3. The number of para-hydroxylation sites is 2. The Morgan fingerprint density at radius 2 is 1.77 bits per heavy atom. The number of aromatic nitrogens is 2. The molecular formula is C18H18N4. The highest BCUT2D eigenvalue weighted by molar-refractivity contribution is 5.90. The molecule has 1 N–H and O–H groups in total. The first-order valence-electron chi connectivity index (χ1n) is 7.15. The third-order valence-electron chi connectivity index (χ3n) is 3.29. The van der Waals surface area contributed by atoms with Gasteiger partial charge in [-0.25, -0.2) is 4.99 Å². The highest BCUT2D eigenvalue weighted by atomic mass is 15.1. The molecule has 0 saturated carbocycles. The monoisotopic (exact) mass is 290 g/mol. The van der Waals surface area contributed by atoms with Gasteiger partial charge >= 0.3 is 0 Å². The standard InChI is InChI=1S/C18H18N4/c1-22(2)13-19-16-9-5-3-7-14(16)11-12-18-15-8-4-6-10-17(15)20-21-18/h3-13H,1-2H3,(H,20,21)/b12-11?,19-13+. The van der Waals surface area contributed by atoms with Crippen LogP contribution in [0.15, 0.2) is 53.5 Å². The van der Waals surface area contributed by atoms with E-state index in [1.165, 1.54) is 0 Å². The molecule has 1 aromatic heterocycles. The van der Waals surface area contributed by atoms with Crippen molar-refractivity contribution in [1.29, 1.82) is 0 Å². The van der Waals surface area contributed by atoms with Crippen molar-refractivity contribution in [2.24, 2.45) is 4.99 Å². The first kappa shape index (κ1) is 14.1. The molecule has 0 radical (unpaired) electrons. The van der Waals surface area contributed by atoms with Gasteiger partial charge in [0, 0.05) is 25.0 Å². The van der Waals surface area contributed by atoms with Gasteiger partial charge in [0.2, 0.25) is 0 Å². The summed E-state index contributed by atoms with van der Waals surface area (Å²) < 4.78 is 0. The van der Waals surface area contributed by atoms with Gasteiger partial charge in [-0.3, -0.25) is 5.10 Å². The van der Waals surface area contributed by atoms with Crippen LogP contribution in [0, 0.1) is 0 Å². The summed E-state index contributed by atoms with van der Waals surface area (Å²) in [5, 5.41) is 8.52. The summed E-state index contributed by atoms with van der Waals surface area (Å²) in [6, 6.07) is 16.2. The van der Waals surface area contributed by atoms with Crippen molar-refractivity contribution >= 4 is 35.1 Å². The number of aliphatic imine (C=N–C) groups is 1. The molecule has 110 valence electrons. The maximum absolute atomic E-state index is 4.49. The van der Waals surface area contributed by atoms with Gasteiger partial charge in [-0.2, -0.15) is 5.10 Å². The molecule has 2 aromatic carbocycles. The van der Waals surface area contributed by atoms with Crippen molar-refractivity contribution in [2.45, 2.75) is 0 Å². The number of benzene rings is 2. The predicted molar refractivity (Wildman–Crippen MR) is 93.3 cm³/mol. The normalized spacial score (nSPS) is 11.7. The molecule has 3 rings (SSSR count). The number of rotatable bonds is 4. The van der Waals surface area contributed by atoms with E-state index in [1.807, 2.05) is 73.6 Å². The summed E-state index contributed by atoms with van der Waals surface area (Å²) >= 11 is 0. The van der Waals surface area contributed by atoms with Crippen molar-refractivity contribution in [1.82, 2.24) is 15.1 Å². The number of nitrogens with one attached hydrogen (secondary N) is 1. The Kier molecular flexibility index (Phi) is 4.01. The second-order valence-electron chi connectivity index (χ2n) is 5.25. The minimum absolute atomic E-state index is 0.932. The topological polar surface area (TPSA) is 44.3 Å². The summed E-state index contributed by atoms with van der Waals surface area (Å²) in [5.41, 5.74) is 3.98. The van der Waals surface area contributed by atoms with Gasteiger partial charge in [0.25, 0.3) is 0 Å². The van der Waals surface area contributed by atoms with Gasteiger partial charge in [-0.05, 0) is 18.2 Å². The SMILES string of the molecule is CN(C)/C=N/c1ccccc1C=Cc1n[nH]c2ccccc12. The summed E-state index contributed by atoms with van der Waals surface area (Å²) in [7, 11) is 3.91. The van der Waals surface area contributed by atoms with Crippen LogP contribution in [0.25, 0.3) is 23.1 Å². The van der Waals surface area contributed by atoms with Crippen molar-refractivity contribution in [3.05, 3.63) is 59.8 Å². The van der Waals surface area contributed by atoms with E-state index >= 15 is 0 Å². The van der Waals surface area contributed by atoms with Gasteiger partial charge in [-0.1, -0.05) is 42.5 Å². The number of aromatic amines is 1. The Balaban J connectivity index is 1.93. The van der Waals surface area contributed by atoms with Crippen LogP contribution in [0.4, 0.5) is 5.69 Å². The quantitative estimate of drug-likeness (QED) is 0.584. The molecule has 0 unspecified atom stereocenters. The van der Waals surface area contributed by atoms with Gasteiger partial charge in [-0.15, -0.1) is 0 Å². The molecule has 0 fully saturated rings. The average molecular weight is 290 g/mol. The lowest BCUT2D eigenvalue weighted by Gasteiger charge is -2.04. The molecule has 0 aliphatic heterocycles. The molecule has 0 aliphatic carbocycles. The van der Waals surface area contributed by atoms with Gasteiger partial charge in [0.05, 0.1) is 23.2 Å². The van der Waals surface area contributed by atoms with Gasteiger partial charge < -0.3 is 4.90 Å². The summed E-state index contributed by atoms with van der Waals surface area (Å²) in [6.07, 6.45) is 5.87. The molecule has 0 bridgehead atoms.